The fraction of sp³-hybridized carbons (Fsp3) is 0.769. The van der Waals surface area contributed by atoms with Gasteiger partial charge in [0.1, 0.15) is 0 Å². The zero-order valence-electron chi connectivity index (χ0n) is 11.5. The van der Waals surface area contributed by atoms with Crippen molar-refractivity contribution < 1.29 is 13.5 Å². The molecule has 0 aromatic carbocycles. The highest BCUT2D eigenvalue weighted by Crippen LogP contribution is 2.27. The summed E-state index contributed by atoms with van der Waals surface area (Å²) in [5.41, 5.74) is -0.363. The molecule has 0 aliphatic carbocycles. The van der Waals surface area contributed by atoms with Crippen molar-refractivity contribution in [2.45, 2.75) is 51.2 Å². The molecule has 2 rings (SSSR count). The summed E-state index contributed by atoms with van der Waals surface area (Å²) in [4.78, 5) is 0. The van der Waals surface area contributed by atoms with Crippen LogP contribution in [0, 0.1) is 0 Å². The van der Waals surface area contributed by atoms with E-state index in [2.05, 4.69) is 18.9 Å². The molecule has 0 radical (unpaired) electrons. The van der Waals surface area contributed by atoms with Crippen LogP contribution in [0.2, 0.25) is 0 Å². The number of aromatic nitrogens is 2. The maximum Gasteiger partial charge on any atom is 0.153 e. The molecule has 1 aromatic heterocycles. The van der Waals surface area contributed by atoms with Crippen LogP contribution in [-0.2, 0) is 16.3 Å². The van der Waals surface area contributed by atoms with Crippen LogP contribution in [-0.4, -0.2) is 40.4 Å². The van der Waals surface area contributed by atoms with Gasteiger partial charge in [0.25, 0.3) is 0 Å². The molecule has 0 spiro atoms. The molecule has 0 saturated carbocycles. The molecule has 1 N–H and O–H groups in total. The minimum Gasteiger partial charge on any atom is -0.388 e. The molecule has 0 amide bonds. The molecule has 1 atom stereocenters. The molecule has 1 aromatic rings. The lowest BCUT2D eigenvalue weighted by Crippen LogP contribution is -2.32. The van der Waals surface area contributed by atoms with Gasteiger partial charge >= 0.3 is 0 Å². The minimum absolute atomic E-state index is 0.0801. The number of aliphatic hydroxyl groups is 1. The van der Waals surface area contributed by atoms with Crippen LogP contribution in [0.5, 0.6) is 0 Å². The van der Waals surface area contributed by atoms with Crippen LogP contribution in [0.4, 0.5) is 0 Å². The van der Waals surface area contributed by atoms with Crippen molar-refractivity contribution in [1.82, 2.24) is 9.78 Å². The Morgan fingerprint density at radius 3 is 2.68 bits per heavy atom. The second-order valence-electron chi connectivity index (χ2n) is 5.50. The third-order valence-corrected chi connectivity index (χ3v) is 5.66. The SMILES string of the molecule is CCC(CC)n1ccc(CC2(O)CCS(=O)(=O)C2)n1. The number of hydrogen-bond donors (Lipinski definition) is 1. The van der Waals surface area contributed by atoms with Gasteiger partial charge in [-0.25, -0.2) is 8.42 Å². The van der Waals surface area contributed by atoms with Gasteiger partial charge in [0.2, 0.25) is 0 Å². The first-order valence-corrected chi connectivity index (χ1v) is 8.66. The third kappa shape index (κ3) is 3.36. The first-order chi connectivity index (χ1) is 8.87. The Bertz CT molecular complexity index is 534. The van der Waals surface area contributed by atoms with Gasteiger partial charge in [-0.1, -0.05) is 13.8 Å². The van der Waals surface area contributed by atoms with E-state index in [0.29, 0.717) is 18.9 Å². The first kappa shape index (κ1) is 14.5. The zero-order valence-corrected chi connectivity index (χ0v) is 12.4. The Morgan fingerprint density at radius 1 is 1.47 bits per heavy atom. The lowest BCUT2D eigenvalue weighted by Gasteiger charge is -2.19. The quantitative estimate of drug-likeness (QED) is 0.886. The van der Waals surface area contributed by atoms with Crippen LogP contribution in [0.3, 0.4) is 0 Å². The Kier molecular flexibility index (Phi) is 4.01. The van der Waals surface area contributed by atoms with E-state index >= 15 is 0 Å². The first-order valence-electron chi connectivity index (χ1n) is 6.84. The highest BCUT2D eigenvalue weighted by molar-refractivity contribution is 7.91. The van der Waals surface area contributed by atoms with Crippen molar-refractivity contribution >= 4 is 9.84 Å². The molecule has 1 unspecified atom stereocenters. The standard InChI is InChI=1S/C13H22N2O3S/c1-3-12(4-2)15-7-5-11(14-15)9-13(16)6-8-19(17,18)10-13/h5,7,12,16H,3-4,6,8-10H2,1-2H3. The van der Waals surface area contributed by atoms with Gasteiger partial charge in [0.15, 0.2) is 9.84 Å². The Morgan fingerprint density at radius 2 is 2.16 bits per heavy atom. The third-order valence-electron chi connectivity index (χ3n) is 3.86. The normalized spacial score (nSPS) is 26.1. The number of rotatable bonds is 5. The van der Waals surface area contributed by atoms with Crippen LogP contribution >= 0.6 is 0 Å². The number of sulfone groups is 1. The van der Waals surface area contributed by atoms with E-state index in [0.717, 1.165) is 18.5 Å². The van der Waals surface area contributed by atoms with E-state index in [4.69, 9.17) is 0 Å². The minimum atomic E-state index is -3.08. The molecular formula is C13H22N2O3S. The van der Waals surface area contributed by atoms with Gasteiger partial charge in [0.05, 0.1) is 28.8 Å². The van der Waals surface area contributed by atoms with Crippen LogP contribution in [0.1, 0.15) is 44.8 Å². The second kappa shape index (κ2) is 5.25. The van der Waals surface area contributed by atoms with Gasteiger partial charge < -0.3 is 5.11 Å². The molecule has 0 bridgehead atoms. The highest BCUT2D eigenvalue weighted by Gasteiger charge is 2.41. The van der Waals surface area contributed by atoms with Crippen molar-refractivity contribution in [3.63, 3.8) is 0 Å². The molecule has 1 fully saturated rings. The molecule has 19 heavy (non-hydrogen) atoms. The van der Waals surface area contributed by atoms with Crippen molar-refractivity contribution in [3.8, 4) is 0 Å². The van der Waals surface area contributed by atoms with Crippen LogP contribution in [0.15, 0.2) is 12.3 Å². The average molecular weight is 286 g/mol. The van der Waals surface area contributed by atoms with Crippen molar-refractivity contribution in [3.05, 3.63) is 18.0 Å². The summed E-state index contributed by atoms with van der Waals surface area (Å²) in [6.45, 7) is 4.24. The monoisotopic (exact) mass is 286 g/mol. The van der Waals surface area contributed by atoms with Crippen LogP contribution < -0.4 is 0 Å². The van der Waals surface area contributed by atoms with Crippen LogP contribution in [0.25, 0.3) is 0 Å². The lowest BCUT2D eigenvalue weighted by molar-refractivity contribution is 0.0669. The predicted octanol–water partition coefficient (Wildman–Crippen LogP) is 1.34. The summed E-state index contributed by atoms with van der Waals surface area (Å²) in [7, 11) is -3.08. The molecule has 108 valence electrons. The van der Waals surface area contributed by atoms with Crippen molar-refractivity contribution in [2.24, 2.45) is 0 Å². The van der Waals surface area contributed by atoms with Gasteiger partial charge in [0, 0.05) is 12.6 Å². The molecule has 1 aliphatic rings. The van der Waals surface area contributed by atoms with Gasteiger partial charge in [-0.15, -0.1) is 0 Å². The Hall–Kier alpha value is -0.880. The van der Waals surface area contributed by atoms with Gasteiger partial charge in [-0.2, -0.15) is 5.10 Å². The summed E-state index contributed by atoms with van der Waals surface area (Å²) in [5, 5.41) is 14.8. The van der Waals surface area contributed by atoms with Crippen molar-refractivity contribution in [1.29, 1.82) is 0 Å². The molecule has 6 heteroatoms. The molecule has 2 heterocycles. The largest absolute Gasteiger partial charge is 0.388 e. The predicted molar refractivity (Wildman–Crippen MR) is 73.8 cm³/mol. The van der Waals surface area contributed by atoms with E-state index in [9.17, 15) is 13.5 Å². The second-order valence-corrected chi connectivity index (χ2v) is 7.68. The Labute approximate surface area is 114 Å². The summed E-state index contributed by atoms with van der Waals surface area (Å²) < 4.78 is 24.8. The van der Waals surface area contributed by atoms with Crippen molar-refractivity contribution in [2.75, 3.05) is 11.5 Å². The summed E-state index contributed by atoms with van der Waals surface area (Å²) in [6.07, 6.45) is 4.57. The van der Waals surface area contributed by atoms with E-state index in [1.807, 2.05) is 16.9 Å². The Balaban J connectivity index is 2.08. The molecule has 1 aliphatic heterocycles. The summed E-state index contributed by atoms with van der Waals surface area (Å²) in [6, 6.07) is 2.25. The van der Waals surface area contributed by atoms with E-state index in [-0.39, 0.29) is 11.5 Å². The summed E-state index contributed by atoms with van der Waals surface area (Å²) in [5.74, 6) is -0.0609. The van der Waals surface area contributed by atoms with Gasteiger partial charge in [-0.05, 0) is 25.3 Å². The highest BCUT2D eigenvalue weighted by atomic mass is 32.2. The average Bonchev–Trinajstić information content (AvgIpc) is 2.86. The zero-order chi connectivity index (χ0) is 14.1. The van der Waals surface area contributed by atoms with Gasteiger partial charge in [-0.3, -0.25) is 4.68 Å². The maximum atomic E-state index is 11.5. The summed E-state index contributed by atoms with van der Waals surface area (Å²) >= 11 is 0. The lowest BCUT2D eigenvalue weighted by atomic mass is 9.97. The number of nitrogens with zero attached hydrogens (tertiary/aromatic N) is 2. The fourth-order valence-corrected chi connectivity index (χ4v) is 4.61. The number of hydrogen-bond acceptors (Lipinski definition) is 4. The van der Waals surface area contributed by atoms with E-state index in [1.165, 1.54) is 0 Å². The molecule has 5 nitrogen and oxygen atoms in total. The van der Waals surface area contributed by atoms with E-state index in [1.54, 1.807) is 0 Å². The molecular weight excluding hydrogens is 264 g/mol. The topological polar surface area (TPSA) is 72.2 Å². The van der Waals surface area contributed by atoms with E-state index < -0.39 is 15.4 Å². The molecule has 1 saturated heterocycles. The maximum absolute atomic E-state index is 11.5. The smallest absolute Gasteiger partial charge is 0.153 e. The fourth-order valence-electron chi connectivity index (χ4n) is 2.71.